The third-order valence-electron chi connectivity index (χ3n) is 4.76. The van der Waals surface area contributed by atoms with Crippen molar-refractivity contribution in [3.05, 3.63) is 80.3 Å². The molecular weight excluding hydrogens is 431 g/mol. The van der Waals surface area contributed by atoms with Gasteiger partial charge in [-0.3, -0.25) is 0 Å². The fourth-order valence-corrected chi connectivity index (χ4v) is 5.37. The topological polar surface area (TPSA) is 99.6 Å². The largest absolute Gasteiger partial charge is 0.393 e. The second-order valence-corrected chi connectivity index (χ2v) is 8.73. The molecule has 4 nitrogen and oxygen atoms in total. The minimum Gasteiger partial charge on any atom is -0.393 e. The van der Waals surface area contributed by atoms with Crippen LogP contribution in [0.3, 0.4) is 0 Å². The van der Waals surface area contributed by atoms with Gasteiger partial charge in [0, 0.05) is 16.0 Å². The Morgan fingerprint density at radius 2 is 1.50 bits per heavy atom. The number of thioether (sulfide) groups is 1. The Bertz CT molecular complexity index is 1040. The minimum atomic E-state index is -1.37. The first kappa shape index (κ1) is 20.5. The first-order valence-electron chi connectivity index (χ1n) is 8.13. The van der Waals surface area contributed by atoms with E-state index in [0.717, 1.165) is 5.56 Å². The molecule has 1 aliphatic rings. The molecule has 8 heteroatoms. The Labute approximate surface area is 182 Å². The highest BCUT2D eigenvalue weighted by molar-refractivity contribution is 8.03. The number of rotatable bonds is 3. The average molecular weight is 445 g/mol. The molecule has 0 unspecified atom stereocenters. The van der Waals surface area contributed by atoms with Crippen molar-refractivity contribution in [1.29, 1.82) is 10.5 Å². The summed E-state index contributed by atoms with van der Waals surface area (Å²) in [5, 5.41) is 21.1. The summed E-state index contributed by atoms with van der Waals surface area (Å²) < 4.78 is 0. The van der Waals surface area contributed by atoms with Crippen LogP contribution < -0.4 is 11.5 Å². The van der Waals surface area contributed by atoms with E-state index in [-0.39, 0.29) is 10.6 Å². The van der Waals surface area contributed by atoms with Crippen LogP contribution in [-0.4, -0.2) is 4.99 Å². The summed E-state index contributed by atoms with van der Waals surface area (Å²) in [6, 6.07) is 18.5. The molecule has 1 aliphatic heterocycles. The highest BCUT2D eigenvalue weighted by Crippen LogP contribution is 2.60. The standard InChI is InChI=1S/C20H14Cl2N4S2/c21-13-5-1-11(2-6-13)16-15(9-23)18(25)28-17(20(16,10-24)19(26)27)12-3-7-14(22)8-4-12/h1-8,16-17H,25H2,(H2,26,27)/t16-,17+,20+/m0/s1. The number of nitrogens with two attached hydrogens (primary N) is 2. The van der Waals surface area contributed by atoms with Crippen LogP contribution in [0.4, 0.5) is 0 Å². The Morgan fingerprint density at radius 3 is 1.93 bits per heavy atom. The Balaban J connectivity index is 2.32. The molecule has 0 fully saturated rings. The molecule has 3 rings (SSSR count). The molecule has 4 N–H and O–H groups in total. The van der Waals surface area contributed by atoms with Gasteiger partial charge >= 0.3 is 0 Å². The highest BCUT2D eigenvalue weighted by atomic mass is 35.5. The van der Waals surface area contributed by atoms with E-state index < -0.39 is 16.6 Å². The number of hydrogen-bond acceptors (Lipinski definition) is 5. The second kappa shape index (κ2) is 8.03. The van der Waals surface area contributed by atoms with Gasteiger partial charge in [-0.25, -0.2) is 0 Å². The number of nitrogens with zero attached hydrogens (tertiary/aromatic N) is 2. The molecule has 1 heterocycles. The molecule has 0 bridgehead atoms. The zero-order chi connectivity index (χ0) is 20.5. The molecular formula is C20H14Cl2N4S2. The molecule has 2 aromatic carbocycles. The molecule has 0 radical (unpaired) electrons. The molecule has 0 saturated carbocycles. The maximum absolute atomic E-state index is 10.3. The molecule has 2 aromatic rings. The summed E-state index contributed by atoms with van der Waals surface area (Å²) >= 11 is 18.6. The fourth-order valence-electron chi connectivity index (χ4n) is 3.43. The summed E-state index contributed by atoms with van der Waals surface area (Å²) in [5.74, 6) is -0.723. The van der Waals surface area contributed by atoms with E-state index in [4.69, 9.17) is 46.9 Å². The normalized spacial score (nSPS) is 24.3. The zero-order valence-electron chi connectivity index (χ0n) is 14.4. The third-order valence-corrected chi connectivity index (χ3v) is 6.95. The first-order valence-corrected chi connectivity index (χ1v) is 10.2. The summed E-state index contributed by atoms with van der Waals surface area (Å²) in [5.41, 5.74) is 12.8. The van der Waals surface area contributed by atoms with E-state index >= 15 is 0 Å². The van der Waals surface area contributed by atoms with Gasteiger partial charge in [0.2, 0.25) is 0 Å². The maximum atomic E-state index is 10.3. The molecule has 0 aliphatic carbocycles. The Kier molecular flexibility index (Phi) is 5.88. The van der Waals surface area contributed by atoms with Gasteiger partial charge in [-0.05, 0) is 35.4 Å². The van der Waals surface area contributed by atoms with Crippen LogP contribution in [0.5, 0.6) is 0 Å². The number of halogens is 2. The van der Waals surface area contributed by atoms with E-state index in [2.05, 4.69) is 12.1 Å². The lowest BCUT2D eigenvalue weighted by atomic mass is 9.65. The number of benzene rings is 2. The van der Waals surface area contributed by atoms with Gasteiger partial charge in [-0.1, -0.05) is 71.4 Å². The van der Waals surface area contributed by atoms with Crippen molar-refractivity contribution in [3.8, 4) is 12.1 Å². The molecule has 140 valence electrons. The van der Waals surface area contributed by atoms with Crippen LogP contribution in [0.1, 0.15) is 22.3 Å². The van der Waals surface area contributed by atoms with E-state index in [1.807, 2.05) is 12.1 Å². The van der Waals surface area contributed by atoms with Gasteiger partial charge in [0.05, 0.1) is 33.0 Å². The van der Waals surface area contributed by atoms with Gasteiger partial charge in [0.15, 0.2) is 0 Å². The number of allylic oxidation sites excluding steroid dienone is 1. The SMILES string of the molecule is N#CC1=C(N)S[C@H](c2ccc(Cl)cc2)[C@](C#N)(C(N)=S)[C@H]1c1ccc(Cl)cc1. The van der Waals surface area contributed by atoms with E-state index in [1.54, 1.807) is 36.4 Å². The van der Waals surface area contributed by atoms with Gasteiger partial charge in [0.25, 0.3) is 0 Å². The van der Waals surface area contributed by atoms with Crippen LogP contribution in [0.2, 0.25) is 10.0 Å². The van der Waals surface area contributed by atoms with Crippen LogP contribution in [0, 0.1) is 28.1 Å². The van der Waals surface area contributed by atoms with Crippen molar-refractivity contribution in [2.24, 2.45) is 16.9 Å². The summed E-state index contributed by atoms with van der Waals surface area (Å²) in [6.07, 6.45) is 0. The van der Waals surface area contributed by atoms with Crippen LogP contribution in [0.25, 0.3) is 0 Å². The number of hydrogen-bond donors (Lipinski definition) is 2. The first-order chi connectivity index (χ1) is 13.3. The monoisotopic (exact) mass is 444 g/mol. The predicted molar refractivity (Wildman–Crippen MR) is 118 cm³/mol. The van der Waals surface area contributed by atoms with E-state index in [0.29, 0.717) is 20.6 Å². The van der Waals surface area contributed by atoms with Crippen molar-refractivity contribution in [3.63, 3.8) is 0 Å². The van der Waals surface area contributed by atoms with Crippen molar-refractivity contribution in [2.45, 2.75) is 11.2 Å². The molecule has 0 amide bonds. The third kappa shape index (κ3) is 3.34. The van der Waals surface area contributed by atoms with Gasteiger partial charge in [0.1, 0.15) is 5.41 Å². The van der Waals surface area contributed by atoms with Crippen LogP contribution in [0.15, 0.2) is 59.1 Å². The lowest BCUT2D eigenvalue weighted by Crippen LogP contribution is -2.46. The highest BCUT2D eigenvalue weighted by Gasteiger charge is 2.55. The molecule has 0 saturated heterocycles. The average Bonchev–Trinajstić information content (AvgIpc) is 2.68. The Hall–Kier alpha value is -2.22. The van der Waals surface area contributed by atoms with Gasteiger partial charge in [-0.2, -0.15) is 10.5 Å². The number of thiocarbonyl (C=S) groups is 1. The predicted octanol–water partition coefficient (Wildman–Crippen LogP) is 5.06. The smallest absolute Gasteiger partial charge is 0.135 e. The van der Waals surface area contributed by atoms with Crippen molar-refractivity contribution < 1.29 is 0 Å². The molecule has 28 heavy (non-hydrogen) atoms. The van der Waals surface area contributed by atoms with Crippen molar-refractivity contribution in [2.75, 3.05) is 0 Å². The summed E-state index contributed by atoms with van der Waals surface area (Å²) in [6.45, 7) is 0. The zero-order valence-corrected chi connectivity index (χ0v) is 17.5. The lowest BCUT2D eigenvalue weighted by molar-refractivity contribution is 0.462. The van der Waals surface area contributed by atoms with Gasteiger partial charge < -0.3 is 11.5 Å². The van der Waals surface area contributed by atoms with Crippen molar-refractivity contribution in [1.82, 2.24) is 0 Å². The van der Waals surface area contributed by atoms with Gasteiger partial charge in [-0.15, -0.1) is 0 Å². The maximum Gasteiger partial charge on any atom is 0.135 e. The molecule has 0 spiro atoms. The Morgan fingerprint density at radius 1 is 1.00 bits per heavy atom. The van der Waals surface area contributed by atoms with Crippen LogP contribution in [-0.2, 0) is 0 Å². The molecule has 0 aromatic heterocycles. The molecule has 3 atom stereocenters. The second-order valence-electron chi connectivity index (χ2n) is 6.27. The summed E-state index contributed by atoms with van der Waals surface area (Å²) in [7, 11) is 0. The van der Waals surface area contributed by atoms with E-state index in [9.17, 15) is 10.5 Å². The van der Waals surface area contributed by atoms with E-state index in [1.165, 1.54) is 11.8 Å². The minimum absolute atomic E-state index is 0.00245. The van der Waals surface area contributed by atoms with Crippen LogP contribution >= 0.6 is 47.2 Å². The summed E-state index contributed by atoms with van der Waals surface area (Å²) in [4.78, 5) is 0.00245. The lowest BCUT2D eigenvalue weighted by Gasteiger charge is -2.44. The fraction of sp³-hybridized carbons (Fsp3) is 0.150. The quantitative estimate of drug-likeness (QED) is 0.641. The van der Waals surface area contributed by atoms with Crippen molar-refractivity contribution >= 4 is 52.2 Å². The number of nitriles is 2.